The fourth-order valence-electron chi connectivity index (χ4n) is 9.52. The molecule has 0 amide bonds. The van der Waals surface area contributed by atoms with Crippen LogP contribution in [0.4, 0.5) is 0 Å². The molecule has 4 aliphatic rings. The van der Waals surface area contributed by atoms with E-state index in [1.54, 1.807) is 5.57 Å². The Morgan fingerprint density at radius 2 is 1.77 bits per heavy atom. The van der Waals surface area contributed by atoms with Crippen LogP contribution in [0.15, 0.2) is 11.6 Å². The Balaban J connectivity index is 1.49. The molecule has 31 heavy (non-hydrogen) atoms. The van der Waals surface area contributed by atoms with E-state index in [1.165, 1.54) is 38.5 Å². The average Bonchev–Trinajstić information content (AvgIpc) is 3.06. The molecule has 4 rings (SSSR count). The quantitative estimate of drug-likeness (QED) is 0.446. The van der Waals surface area contributed by atoms with Gasteiger partial charge in [0.1, 0.15) is 0 Å². The van der Waals surface area contributed by atoms with Gasteiger partial charge in [0.15, 0.2) is 0 Å². The Labute approximate surface area is 192 Å². The summed E-state index contributed by atoms with van der Waals surface area (Å²) in [5, 5.41) is 21.3. The van der Waals surface area contributed by atoms with E-state index < -0.39 is 0 Å². The van der Waals surface area contributed by atoms with E-state index in [0.29, 0.717) is 28.6 Å². The highest BCUT2D eigenvalue weighted by atomic mass is 16.3. The lowest BCUT2D eigenvalue weighted by atomic mass is 9.47. The molecule has 0 aliphatic heterocycles. The van der Waals surface area contributed by atoms with Gasteiger partial charge in [0.25, 0.3) is 0 Å². The Morgan fingerprint density at radius 3 is 2.45 bits per heavy atom. The van der Waals surface area contributed by atoms with Crippen molar-refractivity contribution in [3.05, 3.63) is 11.6 Å². The molecule has 0 aromatic rings. The lowest BCUT2D eigenvalue weighted by molar-refractivity contribution is -0.0613. The van der Waals surface area contributed by atoms with Crippen molar-refractivity contribution in [1.29, 1.82) is 0 Å². The average molecular weight is 431 g/mol. The van der Waals surface area contributed by atoms with Crippen LogP contribution in [0, 0.1) is 52.3 Å². The summed E-state index contributed by atoms with van der Waals surface area (Å²) in [5.74, 6) is 4.89. The molecule has 0 aromatic carbocycles. The standard InChI is InChI=1S/C29H50O2/c1-7-22(18(2)3)27(31)16-19(4)24-10-11-25-23-9-8-20-17-21(30)12-14-28(20,5)26(23)13-15-29(24,25)6/h8,18-19,21-27,30-31H,7,9-17H2,1-6H3/t19-,21+,22+,23+,24-,25+,26+,27+,28+,29-/m1/s1. The molecule has 2 N–H and O–H groups in total. The van der Waals surface area contributed by atoms with Gasteiger partial charge in [0.2, 0.25) is 0 Å². The largest absolute Gasteiger partial charge is 0.393 e. The first-order chi connectivity index (χ1) is 14.6. The summed E-state index contributed by atoms with van der Waals surface area (Å²) in [5.41, 5.74) is 2.38. The molecule has 2 heteroatoms. The monoisotopic (exact) mass is 430 g/mol. The third kappa shape index (κ3) is 3.96. The van der Waals surface area contributed by atoms with E-state index in [0.717, 1.165) is 49.4 Å². The second kappa shape index (κ2) is 8.79. The van der Waals surface area contributed by atoms with Gasteiger partial charge in [-0.2, -0.15) is 0 Å². The zero-order valence-corrected chi connectivity index (χ0v) is 21.2. The van der Waals surface area contributed by atoms with Crippen LogP contribution in [-0.4, -0.2) is 22.4 Å². The summed E-state index contributed by atoms with van der Waals surface area (Å²) in [7, 11) is 0. The molecule has 0 aromatic heterocycles. The number of aliphatic hydroxyl groups is 2. The second-order valence-electron chi connectivity index (χ2n) is 13.0. The van der Waals surface area contributed by atoms with Crippen molar-refractivity contribution < 1.29 is 10.2 Å². The number of hydrogen-bond donors (Lipinski definition) is 2. The predicted octanol–water partition coefficient (Wildman–Crippen LogP) is 7.00. The molecule has 0 unspecified atom stereocenters. The highest BCUT2D eigenvalue weighted by Crippen LogP contribution is 2.67. The van der Waals surface area contributed by atoms with Crippen molar-refractivity contribution in [3.8, 4) is 0 Å². The molecule has 0 saturated heterocycles. The van der Waals surface area contributed by atoms with Crippen LogP contribution in [0.3, 0.4) is 0 Å². The molecule has 178 valence electrons. The number of rotatable bonds is 6. The van der Waals surface area contributed by atoms with Crippen LogP contribution >= 0.6 is 0 Å². The van der Waals surface area contributed by atoms with Crippen molar-refractivity contribution in [1.82, 2.24) is 0 Å². The maximum Gasteiger partial charge on any atom is 0.0577 e. The molecule has 0 radical (unpaired) electrons. The van der Waals surface area contributed by atoms with Crippen LogP contribution < -0.4 is 0 Å². The number of hydrogen-bond acceptors (Lipinski definition) is 2. The highest BCUT2D eigenvalue weighted by molar-refractivity contribution is 5.25. The number of allylic oxidation sites excluding steroid dienone is 1. The highest BCUT2D eigenvalue weighted by Gasteiger charge is 2.59. The van der Waals surface area contributed by atoms with Gasteiger partial charge in [-0.15, -0.1) is 0 Å². The lowest BCUT2D eigenvalue weighted by Crippen LogP contribution is -2.51. The van der Waals surface area contributed by atoms with E-state index in [1.807, 2.05) is 0 Å². The summed E-state index contributed by atoms with van der Waals surface area (Å²) in [4.78, 5) is 0. The van der Waals surface area contributed by atoms with Crippen LogP contribution in [-0.2, 0) is 0 Å². The lowest BCUT2D eigenvalue weighted by Gasteiger charge is -2.58. The third-order valence-corrected chi connectivity index (χ3v) is 11.3. The SMILES string of the molecule is CC[C@@H](C(C)C)[C@@H](O)C[C@@H](C)[C@H]1CC[C@H]2[C@@H]3CC=C4C[C@@H](O)CC[C@]4(C)[C@H]3CC[C@]12C. The van der Waals surface area contributed by atoms with Gasteiger partial charge in [-0.05, 0) is 110 Å². The van der Waals surface area contributed by atoms with Gasteiger partial charge in [-0.25, -0.2) is 0 Å². The summed E-state index contributed by atoms with van der Waals surface area (Å²) in [6, 6.07) is 0. The van der Waals surface area contributed by atoms with Crippen molar-refractivity contribution in [3.63, 3.8) is 0 Å². The minimum atomic E-state index is -0.147. The summed E-state index contributed by atoms with van der Waals surface area (Å²) in [6.45, 7) is 14.4. The molecule has 3 fully saturated rings. The van der Waals surface area contributed by atoms with Gasteiger partial charge < -0.3 is 10.2 Å². The second-order valence-corrected chi connectivity index (χ2v) is 13.0. The normalized spacial score (nSPS) is 45.3. The molecular formula is C29H50O2. The van der Waals surface area contributed by atoms with Crippen molar-refractivity contribution in [2.75, 3.05) is 0 Å². The van der Waals surface area contributed by atoms with E-state index >= 15 is 0 Å². The molecule has 3 saturated carbocycles. The van der Waals surface area contributed by atoms with E-state index in [4.69, 9.17) is 0 Å². The molecule has 2 nitrogen and oxygen atoms in total. The van der Waals surface area contributed by atoms with Gasteiger partial charge in [0.05, 0.1) is 12.2 Å². The van der Waals surface area contributed by atoms with E-state index in [-0.39, 0.29) is 12.2 Å². The Morgan fingerprint density at radius 1 is 1.03 bits per heavy atom. The summed E-state index contributed by atoms with van der Waals surface area (Å²) < 4.78 is 0. The predicted molar refractivity (Wildman–Crippen MR) is 130 cm³/mol. The molecule has 10 atom stereocenters. The summed E-state index contributed by atoms with van der Waals surface area (Å²) >= 11 is 0. The first kappa shape index (κ1) is 23.8. The van der Waals surface area contributed by atoms with E-state index in [9.17, 15) is 10.2 Å². The molecular weight excluding hydrogens is 380 g/mol. The minimum Gasteiger partial charge on any atom is -0.393 e. The van der Waals surface area contributed by atoms with Crippen LogP contribution in [0.1, 0.15) is 106 Å². The van der Waals surface area contributed by atoms with Crippen LogP contribution in [0.5, 0.6) is 0 Å². The zero-order chi connectivity index (χ0) is 22.6. The summed E-state index contributed by atoms with van der Waals surface area (Å²) in [6.07, 6.45) is 14.2. The first-order valence-corrected chi connectivity index (χ1v) is 13.7. The van der Waals surface area contributed by atoms with Crippen molar-refractivity contribution in [2.45, 2.75) is 118 Å². The third-order valence-electron chi connectivity index (χ3n) is 11.3. The Kier molecular flexibility index (Phi) is 6.75. The van der Waals surface area contributed by atoms with Crippen molar-refractivity contribution in [2.24, 2.45) is 52.3 Å². The van der Waals surface area contributed by atoms with Crippen LogP contribution in [0.25, 0.3) is 0 Å². The fraction of sp³-hybridized carbons (Fsp3) is 0.931. The molecule has 0 heterocycles. The van der Waals surface area contributed by atoms with Gasteiger partial charge >= 0.3 is 0 Å². The minimum absolute atomic E-state index is 0.106. The zero-order valence-electron chi connectivity index (χ0n) is 21.2. The van der Waals surface area contributed by atoms with Gasteiger partial charge in [-0.3, -0.25) is 0 Å². The van der Waals surface area contributed by atoms with Gasteiger partial charge in [0, 0.05) is 0 Å². The topological polar surface area (TPSA) is 40.5 Å². The van der Waals surface area contributed by atoms with Gasteiger partial charge in [-0.1, -0.05) is 59.6 Å². The maximum absolute atomic E-state index is 11.0. The first-order valence-electron chi connectivity index (χ1n) is 13.7. The molecule has 4 aliphatic carbocycles. The van der Waals surface area contributed by atoms with Crippen LogP contribution in [0.2, 0.25) is 0 Å². The smallest absolute Gasteiger partial charge is 0.0577 e. The molecule has 0 spiro atoms. The number of aliphatic hydroxyl groups excluding tert-OH is 2. The Hall–Kier alpha value is -0.340. The van der Waals surface area contributed by atoms with E-state index in [2.05, 4.69) is 47.6 Å². The number of fused-ring (bicyclic) bond motifs is 5. The Bertz CT molecular complexity index is 668. The molecule has 0 bridgehead atoms. The fourth-order valence-corrected chi connectivity index (χ4v) is 9.52. The van der Waals surface area contributed by atoms with Crippen molar-refractivity contribution >= 4 is 0 Å². The maximum atomic E-state index is 11.0.